The van der Waals surface area contributed by atoms with Crippen LogP contribution >= 0.6 is 11.8 Å². The van der Waals surface area contributed by atoms with Gasteiger partial charge in [0.1, 0.15) is 0 Å². The predicted molar refractivity (Wildman–Crippen MR) is 75.7 cm³/mol. The number of amides is 1. The van der Waals surface area contributed by atoms with Gasteiger partial charge in [-0.1, -0.05) is 19.1 Å². The number of fused-ring (bicyclic) bond motifs is 1. The fourth-order valence-electron chi connectivity index (χ4n) is 2.25. The van der Waals surface area contributed by atoms with Crippen molar-refractivity contribution in [3.05, 3.63) is 23.8 Å². The second-order valence-electron chi connectivity index (χ2n) is 4.75. The first-order valence-corrected chi connectivity index (χ1v) is 7.15. The van der Waals surface area contributed by atoms with E-state index in [0.717, 1.165) is 16.1 Å². The summed E-state index contributed by atoms with van der Waals surface area (Å²) in [6, 6.07) is 5.98. The molecule has 0 spiro atoms. The summed E-state index contributed by atoms with van der Waals surface area (Å²) in [7, 11) is 0. The second-order valence-corrected chi connectivity index (χ2v) is 6.23. The van der Waals surface area contributed by atoms with Crippen LogP contribution in [0.4, 0.5) is 5.69 Å². The summed E-state index contributed by atoms with van der Waals surface area (Å²) >= 11 is 1.76. The number of thioether (sulfide) groups is 1. The van der Waals surface area contributed by atoms with E-state index >= 15 is 0 Å². The zero-order valence-corrected chi connectivity index (χ0v) is 11.9. The normalized spacial score (nSPS) is 18.0. The van der Waals surface area contributed by atoms with Crippen molar-refractivity contribution in [2.75, 3.05) is 11.4 Å². The molecule has 0 aromatic heterocycles. The number of carbonyl (C=O) groups excluding carboxylic acids is 1. The Kier molecular flexibility index (Phi) is 4.14. The van der Waals surface area contributed by atoms with E-state index in [1.54, 1.807) is 16.7 Å². The molecular formula is C14H17NO3S. The molecule has 1 aromatic carbocycles. The lowest BCUT2D eigenvalue weighted by molar-refractivity contribution is -0.138. The van der Waals surface area contributed by atoms with Gasteiger partial charge in [-0.25, -0.2) is 0 Å². The van der Waals surface area contributed by atoms with Gasteiger partial charge in [-0.3, -0.25) is 9.59 Å². The van der Waals surface area contributed by atoms with E-state index in [9.17, 15) is 9.59 Å². The van der Waals surface area contributed by atoms with Crippen LogP contribution in [-0.2, 0) is 9.59 Å². The minimum atomic E-state index is -0.933. The third-order valence-electron chi connectivity index (χ3n) is 3.09. The van der Waals surface area contributed by atoms with Crippen molar-refractivity contribution >= 4 is 29.3 Å². The third kappa shape index (κ3) is 3.10. The maximum absolute atomic E-state index is 12.2. The summed E-state index contributed by atoms with van der Waals surface area (Å²) in [4.78, 5) is 25.6. The highest BCUT2D eigenvalue weighted by Gasteiger charge is 2.28. The molecule has 1 aliphatic rings. The van der Waals surface area contributed by atoms with Crippen molar-refractivity contribution in [2.45, 2.75) is 36.8 Å². The van der Waals surface area contributed by atoms with Gasteiger partial charge in [-0.2, -0.15) is 0 Å². The molecule has 0 aliphatic carbocycles. The van der Waals surface area contributed by atoms with Gasteiger partial charge in [0.2, 0.25) is 5.91 Å². The Morgan fingerprint density at radius 3 is 2.84 bits per heavy atom. The molecule has 0 bridgehead atoms. The van der Waals surface area contributed by atoms with Gasteiger partial charge in [-0.15, -0.1) is 11.8 Å². The van der Waals surface area contributed by atoms with Crippen molar-refractivity contribution in [3.63, 3.8) is 0 Å². The van der Waals surface area contributed by atoms with Crippen LogP contribution < -0.4 is 4.90 Å². The monoisotopic (exact) mass is 279 g/mol. The van der Waals surface area contributed by atoms with Gasteiger partial charge in [0, 0.05) is 23.1 Å². The Morgan fingerprint density at radius 1 is 1.42 bits per heavy atom. The summed E-state index contributed by atoms with van der Waals surface area (Å²) in [5, 5.41) is 9.01. The predicted octanol–water partition coefficient (Wildman–Crippen LogP) is 2.69. The van der Waals surface area contributed by atoms with Gasteiger partial charge in [-0.05, 0) is 18.6 Å². The van der Waals surface area contributed by atoms with E-state index in [4.69, 9.17) is 5.11 Å². The van der Waals surface area contributed by atoms with Gasteiger partial charge in [0.05, 0.1) is 12.1 Å². The SMILES string of the molecule is Cc1cccc2c1N(C(=O)CCC(=O)O)CC(C)S2. The topological polar surface area (TPSA) is 57.6 Å². The Balaban J connectivity index is 2.27. The molecule has 0 saturated carbocycles. The quantitative estimate of drug-likeness (QED) is 0.924. The highest BCUT2D eigenvalue weighted by molar-refractivity contribution is 8.00. The molecule has 5 heteroatoms. The fraction of sp³-hybridized carbons (Fsp3) is 0.429. The number of hydrogen-bond donors (Lipinski definition) is 1. The number of anilines is 1. The van der Waals surface area contributed by atoms with Crippen molar-refractivity contribution in [1.82, 2.24) is 0 Å². The number of benzene rings is 1. The van der Waals surface area contributed by atoms with E-state index in [1.807, 2.05) is 25.1 Å². The number of nitrogens with zero attached hydrogens (tertiary/aromatic N) is 1. The number of hydrogen-bond acceptors (Lipinski definition) is 3. The molecule has 102 valence electrons. The molecule has 1 amide bonds. The lowest BCUT2D eigenvalue weighted by Gasteiger charge is -2.34. The molecule has 4 nitrogen and oxygen atoms in total. The van der Waals surface area contributed by atoms with Crippen LogP contribution in [0.1, 0.15) is 25.3 Å². The lowest BCUT2D eigenvalue weighted by Crippen LogP contribution is -2.39. The van der Waals surface area contributed by atoms with Gasteiger partial charge >= 0.3 is 5.97 Å². The molecule has 0 fully saturated rings. The van der Waals surface area contributed by atoms with Crippen LogP contribution in [0.25, 0.3) is 0 Å². The fourth-order valence-corrected chi connectivity index (χ4v) is 3.45. The summed E-state index contributed by atoms with van der Waals surface area (Å²) in [6.45, 7) is 4.70. The van der Waals surface area contributed by atoms with Crippen LogP contribution in [0.3, 0.4) is 0 Å². The Morgan fingerprint density at radius 2 is 2.16 bits per heavy atom. The number of aliphatic carboxylic acids is 1. The summed E-state index contributed by atoms with van der Waals surface area (Å²) < 4.78 is 0. The van der Waals surface area contributed by atoms with Crippen LogP contribution in [0, 0.1) is 6.92 Å². The van der Waals surface area contributed by atoms with Gasteiger partial charge < -0.3 is 10.0 Å². The number of carboxylic acids is 1. The van der Waals surface area contributed by atoms with Gasteiger partial charge in [0.25, 0.3) is 0 Å². The third-order valence-corrected chi connectivity index (χ3v) is 4.23. The Hall–Kier alpha value is -1.49. The van der Waals surface area contributed by atoms with E-state index in [1.165, 1.54) is 0 Å². The highest BCUT2D eigenvalue weighted by atomic mass is 32.2. The number of carbonyl (C=O) groups is 2. The number of rotatable bonds is 3. The van der Waals surface area contributed by atoms with Crippen molar-refractivity contribution in [3.8, 4) is 0 Å². The molecule has 0 radical (unpaired) electrons. The molecule has 19 heavy (non-hydrogen) atoms. The first kappa shape index (κ1) is 13.9. The molecule has 1 aromatic rings. The minimum Gasteiger partial charge on any atom is -0.481 e. The molecule has 1 aliphatic heterocycles. The summed E-state index contributed by atoms with van der Waals surface area (Å²) in [5.41, 5.74) is 2.00. The lowest BCUT2D eigenvalue weighted by atomic mass is 10.1. The molecule has 0 saturated heterocycles. The molecule has 1 N–H and O–H groups in total. The molecule has 1 heterocycles. The molecule has 2 rings (SSSR count). The zero-order chi connectivity index (χ0) is 14.0. The first-order valence-electron chi connectivity index (χ1n) is 6.27. The number of carboxylic acid groups (broad SMARTS) is 1. The second kappa shape index (κ2) is 5.65. The van der Waals surface area contributed by atoms with Crippen LogP contribution in [-0.4, -0.2) is 28.8 Å². The average molecular weight is 279 g/mol. The summed E-state index contributed by atoms with van der Waals surface area (Å²) in [6.07, 6.45) is -0.0570. The van der Waals surface area contributed by atoms with Crippen molar-refractivity contribution < 1.29 is 14.7 Å². The van der Waals surface area contributed by atoms with Crippen LogP contribution in [0.5, 0.6) is 0 Å². The Bertz CT molecular complexity index is 515. The van der Waals surface area contributed by atoms with Crippen molar-refractivity contribution in [1.29, 1.82) is 0 Å². The number of para-hydroxylation sites is 1. The standard InChI is InChI=1S/C14H17NO3S/c1-9-4-3-5-11-14(9)15(8-10(2)19-11)12(16)6-7-13(17)18/h3-5,10H,6-8H2,1-2H3,(H,17,18). The number of aryl methyl sites for hydroxylation is 1. The van der Waals surface area contributed by atoms with Crippen LogP contribution in [0.2, 0.25) is 0 Å². The highest BCUT2D eigenvalue weighted by Crippen LogP contribution is 2.40. The van der Waals surface area contributed by atoms with Crippen LogP contribution in [0.15, 0.2) is 23.1 Å². The van der Waals surface area contributed by atoms with Crippen molar-refractivity contribution in [2.24, 2.45) is 0 Å². The summed E-state index contributed by atoms with van der Waals surface area (Å²) in [5.74, 6) is -1.04. The average Bonchev–Trinajstić information content (AvgIpc) is 2.34. The molecule has 1 unspecified atom stereocenters. The first-order chi connectivity index (χ1) is 8.99. The van der Waals surface area contributed by atoms with E-state index in [-0.39, 0.29) is 18.7 Å². The Labute approximate surface area is 116 Å². The van der Waals surface area contributed by atoms with E-state index in [0.29, 0.717) is 11.8 Å². The zero-order valence-electron chi connectivity index (χ0n) is 11.0. The maximum Gasteiger partial charge on any atom is 0.303 e. The maximum atomic E-state index is 12.2. The van der Waals surface area contributed by atoms with E-state index < -0.39 is 5.97 Å². The smallest absolute Gasteiger partial charge is 0.303 e. The molecule has 1 atom stereocenters. The molecular weight excluding hydrogens is 262 g/mol. The largest absolute Gasteiger partial charge is 0.481 e. The minimum absolute atomic E-state index is 0.0560. The van der Waals surface area contributed by atoms with Gasteiger partial charge in [0.15, 0.2) is 0 Å². The van der Waals surface area contributed by atoms with E-state index in [2.05, 4.69) is 6.92 Å².